The van der Waals surface area contributed by atoms with E-state index in [1.165, 1.54) is 0 Å². The molecule has 0 radical (unpaired) electrons. The molecule has 0 amide bonds. The number of hydrogen-bond donors (Lipinski definition) is 0. The predicted octanol–water partition coefficient (Wildman–Crippen LogP) is 4.64. The first-order valence-corrected chi connectivity index (χ1v) is 6.54. The summed E-state index contributed by atoms with van der Waals surface area (Å²) in [7, 11) is 0. The first-order valence-electron chi connectivity index (χ1n) is 5.79. The summed E-state index contributed by atoms with van der Waals surface area (Å²) in [6.07, 6.45) is -0.610. The molecule has 2 aromatic carbocycles. The van der Waals surface area contributed by atoms with Gasteiger partial charge in [-0.25, -0.2) is 0 Å². The van der Waals surface area contributed by atoms with Gasteiger partial charge < -0.3 is 4.74 Å². The summed E-state index contributed by atoms with van der Waals surface area (Å²) < 4.78 is 5.58. The van der Waals surface area contributed by atoms with Crippen LogP contribution in [-0.4, -0.2) is 11.9 Å². The van der Waals surface area contributed by atoms with Crippen molar-refractivity contribution in [2.24, 2.45) is 0 Å². The number of rotatable bonds is 4. The molecule has 0 N–H and O–H groups in total. The minimum atomic E-state index is -0.610. The van der Waals surface area contributed by atoms with E-state index >= 15 is 0 Å². The van der Waals surface area contributed by atoms with Crippen LogP contribution in [0.5, 0.6) is 5.75 Å². The monoisotopic (exact) mass is 294 g/mol. The Morgan fingerprint density at radius 1 is 1.05 bits per heavy atom. The third kappa shape index (κ3) is 3.49. The molecule has 0 spiro atoms. The Bertz CT molecular complexity index is 579. The van der Waals surface area contributed by atoms with E-state index in [2.05, 4.69) is 0 Å². The number of Topliss-reactive ketones (excluding diaryl/α,β-unsaturated/α-hetero) is 1. The van der Waals surface area contributed by atoms with Gasteiger partial charge in [-0.1, -0.05) is 35.3 Å². The van der Waals surface area contributed by atoms with Crippen LogP contribution in [0.15, 0.2) is 48.5 Å². The van der Waals surface area contributed by atoms with Gasteiger partial charge in [0.25, 0.3) is 0 Å². The third-order valence-corrected chi connectivity index (χ3v) is 3.20. The van der Waals surface area contributed by atoms with Crippen molar-refractivity contribution in [3.05, 3.63) is 64.1 Å². The fourth-order valence-electron chi connectivity index (χ4n) is 1.63. The lowest BCUT2D eigenvalue weighted by Crippen LogP contribution is -2.23. The Labute approximate surface area is 121 Å². The van der Waals surface area contributed by atoms with Crippen LogP contribution >= 0.6 is 23.2 Å². The highest BCUT2D eigenvalue weighted by atomic mass is 35.5. The molecule has 2 rings (SSSR count). The van der Waals surface area contributed by atoms with Gasteiger partial charge in [-0.3, -0.25) is 4.79 Å². The maximum atomic E-state index is 12.2. The summed E-state index contributed by atoms with van der Waals surface area (Å²) >= 11 is 11.8. The zero-order valence-corrected chi connectivity index (χ0v) is 11.8. The van der Waals surface area contributed by atoms with E-state index in [9.17, 15) is 4.79 Å². The molecule has 0 aromatic heterocycles. The Balaban J connectivity index is 2.12. The summed E-state index contributed by atoms with van der Waals surface area (Å²) in [5.41, 5.74) is 0.559. The van der Waals surface area contributed by atoms with Crippen LogP contribution in [-0.2, 0) is 0 Å². The number of hydrogen-bond acceptors (Lipinski definition) is 2. The van der Waals surface area contributed by atoms with Crippen molar-refractivity contribution < 1.29 is 9.53 Å². The quantitative estimate of drug-likeness (QED) is 0.768. The zero-order chi connectivity index (χ0) is 13.8. The highest BCUT2D eigenvalue weighted by Gasteiger charge is 2.17. The normalized spacial score (nSPS) is 11.9. The van der Waals surface area contributed by atoms with Gasteiger partial charge in [0.15, 0.2) is 6.10 Å². The number of carbonyl (C=O) groups is 1. The summed E-state index contributed by atoms with van der Waals surface area (Å²) in [6.45, 7) is 1.69. The van der Waals surface area contributed by atoms with Crippen molar-refractivity contribution in [1.29, 1.82) is 0 Å². The molecule has 0 aliphatic carbocycles. The molecular weight excluding hydrogens is 283 g/mol. The van der Waals surface area contributed by atoms with E-state index in [0.29, 0.717) is 21.4 Å². The van der Waals surface area contributed by atoms with Gasteiger partial charge in [-0.2, -0.15) is 0 Å². The zero-order valence-electron chi connectivity index (χ0n) is 10.3. The van der Waals surface area contributed by atoms with E-state index in [-0.39, 0.29) is 5.78 Å². The largest absolute Gasteiger partial charge is 0.481 e. The predicted molar refractivity (Wildman–Crippen MR) is 77.3 cm³/mol. The topological polar surface area (TPSA) is 26.3 Å². The average Bonchev–Trinajstić information content (AvgIpc) is 2.41. The Morgan fingerprint density at radius 3 is 2.32 bits per heavy atom. The van der Waals surface area contributed by atoms with Gasteiger partial charge in [0.05, 0.1) is 5.02 Å². The van der Waals surface area contributed by atoms with Crippen LogP contribution in [0.4, 0.5) is 0 Å². The lowest BCUT2D eigenvalue weighted by atomic mass is 10.1. The Morgan fingerprint density at radius 2 is 1.68 bits per heavy atom. The molecule has 4 heteroatoms. The molecule has 19 heavy (non-hydrogen) atoms. The van der Waals surface area contributed by atoms with Gasteiger partial charge in [0, 0.05) is 10.6 Å². The van der Waals surface area contributed by atoms with Crippen LogP contribution in [0.3, 0.4) is 0 Å². The van der Waals surface area contributed by atoms with E-state index in [1.807, 2.05) is 0 Å². The van der Waals surface area contributed by atoms with Crippen molar-refractivity contribution in [3.63, 3.8) is 0 Å². The second kappa shape index (κ2) is 6.09. The van der Waals surface area contributed by atoms with E-state index in [4.69, 9.17) is 27.9 Å². The number of para-hydroxylation sites is 1. The average molecular weight is 295 g/mol. The summed E-state index contributed by atoms with van der Waals surface area (Å²) in [4.78, 5) is 12.2. The highest BCUT2D eigenvalue weighted by molar-refractivity contribution is 6.32. The molecule has 98 valence electrons. The second-order valence-corrected chi connectivity index (χ2v) is 4.91. The number of ketones is 1. The molecule has 0 aliphatic rings. The summed E-state index contributed by atoms with van der Waals surface area (Å²) in [6, 6.07) is 13.8. The van der Waals surface area contributed by atoms with Crippen molar-refractivity contribution in [3.8, 4) is 5.75 Å². The SMILES string of the molecule is C[C@@H](Oc1ccccc1Cl)C(=O)c1ccc(Cl)cc1. The van der Waals surface area contributed by atoms with Crippen molar-refractivity contribution in [2.45, 2.75) is 13.0 Å². The van der Waals surface area contributed by atoms with Crippen LogP contribution in [0.1, 0.15) is 17.3 Å². The smallest absolute Gasteiger partial charge is 0.202 e. The van der Waals surface area contributed by atoms with Crippen LogP contribution in [0.25, 0.3) is 0 Å². The molecular formula is C15H12Cl2O2. The molecule has 2 nitrogen and oxygen atoms in total. The fraction of sp³-hybridized carbons (Fsp3) is 0.133. The van der Waals surface area contributed by atoms with Crippen molar-refractivity contribution in [1.82, 2.24) is 0 Å². The van der Waals surface area contributed by atoms with E-state index < -0.39 is 6.10 Å². The van der Waals surface area contributed by atoms with Crippen molar-refractivity contribution in [2.75, 3.05) is 0 Å². The number of carbonyl (C=O) groups excluding carboxylic acids is 1. The fourth-order valence-corrected chi connectivity index (χ4v) is 1.94. The molecule has 0 bridgehead atoms. The molecule has 0 heterocycles. The number of ether oxygens (including phenoxy) is 1. The van der Waals surface area contributed by atoms with Gasteiger partial charge in [0.2, 0.25) is 5.78 Å². The van der Waals surface area contributed by atoms with Gasteiger partial charge >= 0.3 is 0 Å². The standard InChI is InChI=1S/C15H12Cl2O2/c1-10(19-14-5-3-2-4-13(14)17)15(18)11-6-8-12(16)9-7-11/h2-10H,1H3/t10-/m1/s1. The summed E-state index contributed by atoms with van der Waals surface area (Å²) in [5.74, 6) is 0.385. The lowest BCUT2D eigenvalue weighted by Gasteiger charge is -2.14. The minimum Gasteiger partial charge on any atom is -0.481 e. The molecule has 0 saturated heterocycles. The molecule has 1 atom stereocenters. The molecule has 0 aliphatic heterocycles. The highest BCUT2D eigenvalue weighted by Crippen LogP contribution is 2.25. The lowest BCUT2D eigenvalue weighted by molar-refractivity contribution is 0.0818. The number of benzene rings is 2. The van der Waals surface area contributed by atoms with Crippen LogP contribution in [0, 0.1) is 0 Å². The van der Waals surface area contributed by atoms with E-state index in [1.54, 1.807) is 55.5 Å². The molecule has 0 unspecified atom stereocenters. The van der Waals surface area contributed by atoms with Gasteiger partial charge in [0.1, 0.15) is 5.75 Å². The maximum absolute atomic E-state index is 12.2. The van der Waals surface area contributed by atoms with E-state index in [0.717, 1.165) is 0 Å². The maximum Gasteiger partial charge on any atom is 0.202 e. The molecule has 0 saturated carbocycles. The Kier molecular flexibility index (Phi) is 4.46. The Hall–Kier alpha value is -1.51. The van der Waals surface area contributed by atoms with Crippen LogP contribution < -0.4 is 4.74 Å². The minimum absolute atomic E-state index is 0.114. The first kappa shape index (κ1) is 13.9. The molecule has 2 aromatic rings. The van der Waals surface area contributed by atoms with Crippen LogP contribution in [0.2, 0.25) is 10.0 Å². The first-order chi connectivity index (χ1) is 9.08. The summed E-state index contributed by atoms with van der Waals surface area (Å²) in [5, 5.41) is 1.08. The third-order valence-electron chi connectivity index (χ3n) is 2.64. The number of halogens is 2. The van der Waals surface area contributed by atoms with Crippen molar-refractivity contribution >= 4 is 29.0 Å². The van der Waals surface area contributed by atoms with Gasteiger partial charge in [-0.05, 0) is 43.3 Å². The van der Waals surface area contributed by atoms with Gasteiger partial charge in [-0.15, -0.1) is 0 Å². The second-order valence-electron chi connectivity index (χ2n) is 4.06. The molecule has 0 fully saturated rings.